The Labute approximate surface area is 150 Å². The number of halogens is 1. The molecule has 134 valence electrons. The van der Waals surface area contributed by atoms with Gasteiger partial charge in [0.1, 0.15) is 0 Å². The van der Waals surface area contributed by atoms with Crippen LogP contribution in [0.15, 0.2) is 29.8 Å². The highest BCUT2D eigenvalue weighted by Crippen LogP contribution is 2.28. The van der Waals surface area contributed by atoms with Crippen LogP contribution in [0.1, 0.15) is 37.0 Å². The summed E-state index contributed by atoms with van der Waals surface area (Å²) < 4.78 is 11.3. The van der Waals surface area contributed by atoms with E-state index in [4.69, 9.17) is 9.47 Å². The van der Waals surface area contributed by atoms with Crippen molar-refractivity contribution in [2.24, 2.45) is 0 Å². The van der Waals surface area contributed by atoms with E-state index in [1.165, 1.54) is 5.57 Å². The molecule has 5 nitrogen and oxygen atoms in total. The van der Waals surface area contributed by atoms with Gasteiger partial charge in [0, 0.05) is 18.7 Å². The standard InChI is InChI=1S/C18H26N2O3.ClH/c1-3-11-23-16-6-5-15(12-17(16)22-4-2)18(21)20-13-14-7-9-19-10-8-14;/h5-7,12,19H,3-4,8-11,13H2,1-2H3,(H,20,21);1H. The lowest BCUT2D eigenvalue weighted by molar-refractivity contribution is 0.0956. The molecule has 2 rings (SSSR count). The third-order valence-electron chi connectivity index (χ3n) is 3.60. The van der Waals surface area contributed by atoms with Gasteiger partial charge in [0.05, 0.1) is 13.2 Å². The molecule has 1 heterocycles. The molecule has 0 radical (unpaired) electrons. The van der Waals surface area contributed by atoms with Gasteiger partial charge < -0.3 is 20.1 Å². The molecule has 0 spiro atoms. The normalized spacial score (nSPS) is 13.5. The zero-order valence-electron chi connectivity index (χ0n) is 14.4. The molecule has 1 aliphatic rings. The lowest BCUT2D eigenvalue weighted by atomic mass is 10.1. The summed E-state index contributed by atoms with van der Waals surface area (Å²) in [5.74, 6) is 1.22. The molecule has 0 aromatic heterocycles. The molecular weight excluding hydrogens is 328 g/mol. The molecule has 0 saturated heterocycles. The van der Waals surface area contributed by atoms with E-state index in [1.54, 1.807) is 18.2 Å². The predicted molar refractivity (Wildman–Crippen MR) is 98.5 cm³/mol. The van der Waals surface area contributed by atoms with Gasteiger partial charge in [0.15, 0.2) is 11.5 Å². The lowest BCUT2D eigenvalue weighted by Crippen LogP contribution is -2.29. The zero-order valence-corrected chi connectivity index (χ0v) is 15.2. The first-order valence-electron chi connectivity index (χ1n) is 8.31. The SMILES string of the molecule is CCCOc1ccc(C(=O)NCC2=CCNCC2)cc1OCC.Cl. The van der Waals surface area contributed by atoms with Gasteiger partial charge >= 0.3 is 0 Å². The number of amides is 1. The van der Waals surface area contributed by atoms with Crippen LogP contribution in [0.5, 0.6) is 11.5 Å². The highest BCUT2D eigenvalue weighted by atomic mass is 35.5. The Morgan fingerprint density at radius 3 is 2.75 bits per heavy atom. The van der Waals surface area contributed by atoms with Gasteiger partial charge in [-0.1, -0.05) is 18.6 Å². The first kappa shape index (κ1) is 20.3. The van der Waals surface area contributed by atoms with Crippen LogP contribution in [0, 0.1) is 0 Å². The first-order valence-corrected chi connectivity index (χ1v) is 8.31. The fraction of sp³-hybridized carbons (Fsp3) is 0.500. The molecule has 1 aliphatic heterocycles. The van der Waals surface area contributed by atoms with Gasteiger partial charge in [-0.25, -0.2) is 0 Å². The highest BCUT2D eigenvalue weighted by Gasteiger charge is 2.12. The molecule has 1 aromatic carbocycles. The largest absolute Gasteiger partial charge is 0.490 e. The summed E-state index contributed by atoms with van der Waals surface area (Å²) in [4.78, 5) is 12.3. The van der Waals surface area contributed by atoms with Crippen molar-refractivity contribution in [2.75, 3.05) is 32.8 Å². The predicted octanol–water partition coefficient (Wildman–Crippen LogP) is 2.95. The summed E-state index contributed by atoms with van der Waals surface area (Å²) in [6.07, 6.45) is 4.04. The van der Waals surface area contributed by atoms with E-state index in [9.17, 15) is 4.79 Å². The first-order chi connectivity index (χ1) is 11.2. The van der Waals surface area contributed by atoms with Crippen LogP contribution in [0.25, 0.3) is 0 Å². The lowest BCUT2D eigenvalue weighted by Gasteiger charge is -2.15. The Morgan fingerprint density at radius 2 is 2.08 bits per heavy atom. The number of carbonyl (C=O) groups is 1. The monoisotopic (exact) mass is 354 g/mol. The second-order valence-corrected chi connectivity index (χ2v) is 5.44. The quantitative estimate of drug-likeness (QED) is 0.705. The minimum absolute atomic E-state index is 0. The fourth-order valence-corrected chi connectivity index (χ4v) is 2.37. The average Bonchev–Trinajstić information content (AvgIpc) is 2.59. The second kappa shape index (κ2) is 10.9. The van der Waals surface area contributed by atoms with Gasteiger partial charge in [-0.3, -0.25) is 4.79 Å². The van der Waals surface area contributed by atoms with Crippen LogP contribution < -0.4 is 20.1 Å². The Bertz CT molecular complexity index is 561. The number of nitrogens with one attached hydrogen (secondary N) is 2. The van der Waals surface area contributed by atoms with E-state index < -0.39 is 0 Å². The average molecular weight is 355 g/mol. The second-order valence-electron chi connectivity index (χ2n) is 5.44. The van der Waals surface area contributed by atoms with Gasteiger partial charge in [-0.05, 0) is 44.5 Å². The maximum atomic E-state index is 12.3. The van der Waals surface area contributed by atoms with E-state index in [2.05, 4.69) is 23.6 Å². The molecule has 0 aliphatic carbocycles. The van der Waals surface area contributed by atoms with Crippen molar-refractivity contribution in [3.8, 4) is 11.5 Å². The third-order valence-corrected chi connectivity index (χ3v) is 3.60. The number of rotatable bonds is 8. The van der Waals surface area contributed by atoms with Crippen LogP contribution >= 0.6 is 12.4 Å². The van der Waals surface area contributed by atoms with Crippen molar-refractivity contribution in [3.63, 3.8) is 0 Å². The number of hydrogen-bond donors (Lipinski definition) is 2. The molecule has 1 amide bonds. The molecule has 0 fully saturated rings. The minimum atomic E-state index is -0.0903. The summed E-state index contributed by atoms with van der Waals surface area (Å²) in [6, 6.07) is 5.33. The van der Waals surface area contributed by atoms with Crippen LogP contribution in [0.4, 0.5) is 0 Å². The van der Waals surface area contributed by atoms with Gasteiger partial charge in [-0.15, -0.1) is 12.4 Å². The highest BCUT2D eigenvalue weighted by molar-refractivity contribution is 5.95. The van der Waals surface area contributed by atoms with Gasteiger partial charge in [0.25, 0.3) is 5.91 Å². The fourth-order valence-electron chi connectivity index (χ4n) is 2.37. The van der Waals surface area contributed by atoms with E-state index in [-0.39, 0.29) is 18.3 Å². The number of carbonyl (C=O) groups excluding carboxylic acids is 1. The van der Waals surface area contributed by atoms with Crippen LogP contribution in [-0.4, -0.2) is 38.8 Å². The topological polar surface area (TPSA) is 59.6 Å². The Kier molecular flexibility index (Phi) is 9.27. The van der Waals surface area contributed by atoms with Crippen molar-refractivity contribution >= 4 is 18.3 Å². The summed E-state index contributed by atoms with van der Waals surface area (Å²) in [7, 11) is 0. The van der Waals surface area contributed by atoms with Crippen LogP contribution in [0.3, 0.4) is 0 Å². The Hall–Kier alpha value is -1.72. The van der Waals surface area contributed by atoms with E-state index in [0.717, 1.165) is 25.9 Å². The van der Waals surface area contributed by atoms with Crippen molar-refractivity contribution < 1.29 is 14.3 Å². The van der Waals surface area contributed by atoms with E-state index >= 15 is 0 Å². The van der Waals surface area contributed by atoms with Crippen molar-refractivity contribution in [3.05, 3.63) is 35.4 Å². The molecule has 0 bridgehead atoms. The van der Waals surface area contributed by atoms with Crippen molar-refractivity contribution in [1.29, 1.82) is 0 Å². The number of ether oxygens (including phenoxy) is 2. The Balaban J connectivity index is 0.00000288. The van der Waals surface area contributed by atoms with E-state index in [0.29, 0.717) is 36.8 Å². The molecular formula is C18H27ClN2O3. The van der Waals surface area contributed by atoms with E-state index in [1.807, 2.05) is 6.92 Å². The number of benzene rings is 1. The molecule has 24 heavy (non-hydrogen) atoms. The third kappa shape index (κ3) is 6.06. The summed E-state index contributed by atoms with van der Waals surface area (Å²) in [5.41, 5.74) is 1.86. The maximum Gasteiger partial charge on any atom is 0.251 e. The van der Waals surface area contributed by atoms with Crippen molar-refractivity contribution in [2.45, 2.75) is 26.7 Å². The van der Waals surface area contributed by atoms with Crippen LogP contribution in [-0.2, 0) is 0 Å². The van der Waals surface area contributed by atoms with Gasteiger partial charge in [0.2, 0.25) is 0 Å². The molecule has 0 unspecified atom stereocenters. The molecule has 1 aromatic rings. The summed E-state index contributed by atoms with van der Waals surface area (Å²) in [5, 5.41) is 6.23. The van der Waals surface area contributed by atoms with Crippen molar-refractivity contribution in [1.82, 2.24) is 10.6 Å². The molecule has 0 saturated carbocycles. The molecule has 2 N–H and O–H groups in total. The smallest absolute Gasteiger partial charge is 0.251 e. The molecule has 6 heteroatoms. The summed E-state index contributed by atoms with van der Waals surface area (Å²) in [6.45, 7) is 7.58. The summed E-state index contributed by atoms with van der Waals surface area (Å²) >= 11 is 0. The zero-order chi connectivity index (χ0) is 16.5. The van der Waals surface area contributed by atoms with Gasteiger partial charge in [-0.2, -0.15) is 0 Å². The number of hydrogen-bond acceptors (Lipinski definition) is 4. The minimum Gasteiger partial charge on any atom is -0.490 e. The Morgan fingerprint density at radius 1 is 1.25 bits per heavy atom. The molecule has 0 atom stereocenters. The maximum absolute atomic E-state index is 12.3. The van der Waals surface area contributed by atoms with Crippen LogP contribution in [0.2, 0.25) is 0 Å².